The molecular formula is C15H11Cl2N5O2. The number of halogens is 2. The molecule has 0 radical (unpaired) electrons. The van der Waals surface area contributed by atoms with Crippen LogP contribution in [0.2, 0.25) is 10.0 Å². The zero-order valence-electron chi connectivity index (χ0n) is 12.4. The van der Waals surface area contributed by atoms with E-state index in [0.29, 0.717) is 32.7 Å². The van der Waals surface area contributed by atoms with Crippen molar-refractivity contribution in [2.75, 3.05) is 12.4 Å². The predicted octanol–water partition coefficient (Wildman–Crippen LogP) is 3.23. The molecule has 24 heavy (non-hydrogen) atoms. The van der Waals surface area contributed by atoms with Gasteiger partial charge in [0, 0.05) is 10.0 Å². The van der Waals surface area contributed by atoms with Gasteiger partial charge in [0.1, 0.15) is 12.1 Å². The third-order valence-electron chi connectivity index (χ3n) is 3.21. The zero-order chi connectivity index (χ0) is 17.1. The van der Waals surface area contributed by atoms with E-state index in [1.165, 1.54) is 24.2 Å². The van der Waals surface area contributed by atoms with Crippen molar-refractivity contribution in [3.8, 4) is 11.4 Å². The maximum Gasteiger partial charge on any atom is 0.258 e. The van der Waals surface area contributed by atoms with Gasteiger partial charge < -0.3 is 10.1 Å². The fourth-order valence-corrected chi connectivity index (χ4v) is 2.47. The van der Waals surface area contributed by atoms with Crippen LogP contribution in [0.1, 0.15) is 10.4 Å². The molecule has 9 heteroatoms. The Bertz CT molecular complexity index is 884. The molecule has 0 saturated carbocycles. The van der Waals surface area contributed by atoms with Gasteiger partial charge in [-0.05, 0) is 46.8 Å². The summed E-state index contributed by atoms with van der Waals surface area (Å²) < 4.78 is 6.60. The number of aromatic nitrogens is 4. The molecule has 0 atom stereocenters. The standard InChI is InChI=1S/C15H11Cl2N5O2/c1-24-14-5-3-10(17)7-12(14)19-15(23)11-6-9(16)2-4-13(11)22-8-18-20-21-22/h2-8H,1H3,(H,19,23). The summed E-state index contributed by atoms with van der Waals surface area (Å²) in [6, 6.07) is 9.77. The fourth-order valence-electron chi connectivity index (χ4n) is 2.13. The molecule has 3 rings (SSSR count). The normalized spacial score (nSPS) is 10.5. The average molecular weight is 364 g/mol. The largest absolute Gasteiger partial charge is 0.495 e. The molecule has 0 aliphatic carbocycles. The Balaban J connectivity index is 1.99. The summed E-state index contributed by atoms with van der Waals surface area (Å²) in [6.07, 6.45) is 1.39. The third kappa shape index (κ3) is 3.32. The Morgan fingerprint density at radius 2 is 1.92 bits per heavy atom. The van der Waals surface area contributed by atoms with E-state index in [1.807, 2.05) is 0 Å². The van der Waals surface area contributed by atoms with Gasteiger partial charge in [-0.1, -0.05) is 23.2 Å². The van der Waals surface area contributed by atoms with Crippen LogP contribution in [0.5, 0.6) is 5.75 Å². The number of anilines is 1. The number of carbonyl (C=O) groups excluding carboxylic acids is 1. The van der Waals surface area contributed by atoms with Gasteiger partial charge in [-0.25, -0.2) is 0 Å². The van der Waals surface area contributed by atoms with E-state index < -0.39 is 5.91 Å². The lowest BCUT2D eigenvalue weighted by molar-refractivity contribution is 0.102. The van der Waals surface area contributed by atoms with E-state index in [9.17, 15) is 4.79 Å². The molecule has 122 valence electrons. The summed E-state index contributed by atoms with van der Waals surface area (Å²) in [4.78, 5) is 12.7. The molecule has 0 unspecified atom stereocenters. The van der Waals surface area contributed by atoms with Crippen molar-refractivity contribution in [1.29, 1.82) is 0 Å². The lowest BCUT2D eigenvalue weighted by Gasteiger charge is -2.13. The number of nitrogens with zero attached hydrogens (tertiary/aromatic N) is 4. The van der Waals surface area contributed by atoms with Crippen molar-refractivity contribution in [1.82, 2.24) is 20.2 Å². The molecule has 1 N–H and O–H groups in total. The zero-order valence-corrected chi connectivity index (χ0v) is 13.9. The van der Waals surface area contributed by atoms with Crippen LogP contribution in [0.25, 0.3) is 5.69 Å². The number of ether oxygens (including phenoxy) is 1. The first-order chi connectivity index (χ1) is 11.6. The summed E-state index contributed by atoms with van der Waals surface area (Å²) in [5, 5.41) is 14.6. The Labute approximate surface area is 147 Å². The first-order valence-electron chi connectivity index (χ1n) is 6.76. The van der Waals surface area contributed by atoms with E-state index >= 15 is 0 Å². The Kier molecular flexibility index (Phi) is 4.64. The van der Waals surface area contributed by atoms with Crippen LogP contribution in [0, 0.1) is 0 Å². The molecule has 0 fully saturated rings. The molecule has 0 aliphatic rings. The monoisotopic (exact) mass is 363 g/mol. The van der Waals surface area contributed by atoms with Crippen molar-refractivity contribution in [3.05, 3.63) is 58.3 Å². The van der Waals surface area contributed by atoms with E-state index in [4.69, 9.17) is 27.9 Å². The molecule has 0 spiro atoms. The highest BCUT2D eigenvalue weighted by Crippen LogP contribution is 2.29. The molecule has 0 aliphatic heterocycles. The first kappa shape index (κ1) is 16.2. The van der Waals surface area contributed by atoms with Crippen molar-refractivity contribution in [3.63, 3.8) is 0 Å². The molecule has 2 aromatic carbocycles. The molecular weight excluding hydrogens is 353 g/mol. The van der Waals surface area contributed by atoms with E-state index in [-0.39, 0.29) is 0 Å². The minimum Gasteiger partial charge on any atom is -0.495 e. The highest BCUT2D eigenvalue weighted by Gasteiger charge is 2.16. The second kappa shape index (κ2) is 6.86. The number of nitrogens with one attached hydrogen (secondary N) is 1. The number of carbonyl (C=O) groups is 1. The van der Waals surface area contributed by atoms with Crippen molar-refractivity contribution < 1.29 is 9.53 Å². The summed E-state index contributed by atoms with van der Waals surface area (Å²) >= 11 is 12.0. The quantitative estimate of drug-likeness (QED) is 0.769. The number of benzene rings is 2. The molecule has 1 aromatic heterocycles. The van der Waals surface area contributed by atoms with Gasteiger partial charge in [0.15, 0.2) is 0 Å². The lowest BCUT2D eigenvalue weighted by Crippen LogP contribution is -2.16. The highest BCUT2D eigenvalue weighted by atomic mass is 35.5. The molecule has 1 heterocycles. The smallest absolute Gasteiger partial charge is 0.258 e. The second-order valence-corrected chi connectivity index (χ2v) is 5.59. The number of hydrogen-bond donors (Lipinski definition) is 1. The molecule has 1 amide bonds. The summed E-state index contributed by atoms with van der Waals surface area (Å²) in [5.41, 5.74) is 1.23. The van der Waals surface area contributed by atoms with E-state index in [0.717, 1.165) is 0 Å². The Morgan fingerprint density at radius 3 is 2.62 bits per heavy atom. The van der Waals surface area contributed by atoms with Crippen LogP contribution < -0.4 is 10.1 Å². The lowest BCUT2D eigenvalue weighted by atomic mass is 10.1. The van der Waals surface area contributed by atoms with Crippen LogP contribution in [-0.2, 0) is 0 Å². The van der Waals surface area contributed by atoms with Crippen LogP contribution in [-0.4, -0.2) is 33.2 Å². The highest BCUT2D eigenvalue weighted by molar-refractivity contribution is 6.31. The number of hydrogen-bond acceptors (Lipinski definition) is 5. The van der Waals surface area contributed by atoms with E-state index in [1.54, 1.807) is 30.3 Å². The SMILES string of the molecule is COc1ccc(Cl)cc1NC(=O)c1cc(Cl)ccc1-n1cnnn1. The van der Waals surface area contributed by atoms with Gasteiger partial charge in [0.05, 0.1) is 24.0 Å². The predicted molar refractivity (Wildman–Crippen MR) is 90.1 cm³/mol. The summed E-state index contributed by atoms with van der Waals surface area (Å²) in [5.74, 6) is 0.0855. The minimum absolute atomic E-state index is 0.303. The van der Waals surface area contributed by atoms with Gasteiger partial charge in [0.2, 0.25) is 0 Å². The van der Waals surface area contributed by atoms with Gasteiger partial charge in [0.25, 0.3) is 5.91 Å². The average Bonchev–Trinajstić information content (AvgIpc) is 3.09. The Morgan fingerprint density at radius 1 is 1.17 bits per heavy atom. The van der Waals surface area contributed by atoms with Gasteiger partial charge in [-0.2, -0.15) is 4.68 Å². The van der Waals surface area contributed by atoms with Gasteiger partial charge in [-0.15, -0.1) is 5.10 Å². The van der Waals surface area contributed by atoms with Crippen LogP contribution in [0.3, 0.4) is 0 Å². The van der Waals surface area contributed by atoms with Gasteiger partial charge >= 0.3 is 0 Å². The molecule has 3 aromatic rings. The minimum atomic E-state index is -0.399. The van der Waals surface area contributed by atoms with Gasteiger partial charge in [-0.3, -0.25) is 4.79 Å². The fraction of sp³-hybridized carbons (Fsp3) is 0.0667. The number of tetrazole rings is 1. The summed E-state index contributed by atoms with van der Waals surface area (Å²) in [6.45, 7) is 0. The first-order valence-corrected chi connectivity index (χ1v) is 7.52. The maximum absolute atomic E-state index is 12.7. The second-order valence-electron chi connectivity index (χ2n) is 4.71. The van der Waals surface area contributed by atoms with Crippen LogP contribution in [0.4, 0.5) is 5.69 Å². The topological polar surface area (TPSA) is 81.9 Å². The third-order valence-corrected chi connectivity index (χ3v) is 3.68. The van der Waals surface area contributed by atoms with Crippen LogP contribution in [0.15, 0.2) is 42.7 Å². The van der Waals surface area contributed by atoms with Crippen molar-refractivity contribution in [2.24, 2.45) is 0 Å². The molecule has 0 bridgehead atoms. The summed E-state index contributed by atoms with van der Waals surface area (Å²) in [7, 11) is 1.50. The molecule has 0 saturated heterocycles. The number of methoxy groups -OCH3 is 1. The van der Waals surface area contributed by atoms with Crippen LogP contribution >= 0.6 is 23.2 Å². The number of amides is 1. The maximum atomic E-state index is 12.7. The Hall–Kier alpha value is -2.64. The van der Waals surface area contributed by atoms with Crippen molar-refractivity contribution >= 4 is 34.8 Å². The van der Waals surface area contributed by atoms with Crippen molar-refractivity contribution in [2.45, 2.75) is 0 Å². The molecule has 7 nitrogen and oxygen atoms in total. The van der Waals surface area contributed by atoms with E-state index in [2.05, 4.69) is 20.8 Å². The number of rotatable bonds is 4.